The molecule has 326 valence electrons. The number of hydrogen-bond donors (Lipinski definition) is 1. The van der Waals surface area contributed by atoms with Gasteiger partial charge >= 0.3 is 12.1 Å². The van der Waals surface area contributed by atoms with Crippen LogP contribution in [0.15, 0.2) is 29.8 Å². The first-order valence-electron chi connectivity index (χ1n) is 22.8. The number of aryl methyl sites for hydroxylation is 1. The summed E-state index contributed by atoms with van der Waals surface area (Å²) in [6.07, 6.45) is 16.1. The number of hydrogen-bond acceptors (Lipinski definition) is 7. The smallest absolute Gasteiger partial charge is 0.415 e. The van der Waals surface area contributed by atoms with E-state index < -0.39 is 11.5 Å². The lowest BCUT2D eigenvalue weighted by Gasteiger charge is -2.58. The second-order valence-corrected chi connectivity index (χ2v) is 21.8. The van der Waals surface area contributed by atoms with Crippen LogP contribution < -0.4 is 4.74 Å². The van der Waals surface area contributed by atoms with Crippen molar-refractivity contribution in [2.75, 3.05) is 31.5 Å². The third-order valence-electron chi connectivity index (χ3n) is 17.1. The van der Waals surface area contributed by atoms with Crippen molar-refractivity contribution in [3.8, 4) is 5.75 Å². The summed E-state index contributed by atoms with van der Waals surface area (Å²) >= 11 is 11.6. The Bertz CT molecular complexity index is 1800. The van der Waals surface area contributed by atoms with Gasteiger partial charge in [-0.15, -0.1) is 23.2 Å². The maximum atomic E-state index is 13.1. The molecular weight excluding hydrogens is 785 g/mol. The lowest BCUT2D eigenvalue weighted by atomic mass is 9.46. The molecule has 5 saturated carbocycles. The number of aliphatic hydroxyl groups excluding tert-OH is 1. The minimum absolute atomic E-state index is 0.00824. The highest BCUT2D eigenvalue weighted by Crippen LogP contribution is 2.67. The van der Waals surface area contributed by atoms with Crippen molar-refractivity contribution in [3.63, 3.8) is 0 Å². The number of Topliss-reactive ketones (excluding diaryl/α,β-unsaturated/α-hetero) is 1. The van der Waals surface area contributed by atoms with Crippen molar-refractivity contribution >= 4 is 46.8 Å². The van der Waals surface area contributed by atoms with Crippen LogP contribution in [0.3, 0.4) is 0 Å². The highest BCUT2D eigenvalue weighted by atomic mass is 35.5. The Morgan fingerprint density at radius 1 is 0.814 bits per heavy atom. The Morgan fingerprint density at radius 2 is 1.49 bits per heavy atom. The van der Waals surface area contributed by atoms with Crippen molar-refractivity contribution in [1.29, 1.82) is 0 Å². The fourth-order valence-corrected chi connectivity index (χ4v) is 14.2. The highest BCUT2D eigenvalue weighted by Gasteiger charge is 2.60. The number of benzene rings is 1. The minimum atomic E-state index is -0.579. The fraction of sp³-hybridized carbons (Fsp3) is 0.755. The van der Waals surface area contributed by atoms with Crippen LogP contribution in [0.5, 0.6) is 5.75 Å². The van der Waals surface area contributed by atoms with Crippen molar-refractivity contribution in [2.24, 2.45) is 57.2 Å². The number of ketones is 2. The molecule has 0 aromatic heterocycles. The van der Waals surface area contributed by atoms with E-state index >= 15 is 0 Å². The molecule has 1 N–H and O–H groups in total. The lowest BCUT2D eigenvalue weighted by molar-refractivity contribution is -0.158. The number of allylic oxidation sites excluding steroid dienone is 1. The Kier molecular flexibility index (Phi) is 13.2. The summed E-state index contributed by atoms with van der Waals surface area (Å²) in [5.41, 5.74) is 3.83. The van der Waals surface area contributed by atoms with Crippen LogP contribution in [0.4, 0.5) is 4.79 Å². The number of nitrogens with zero attached hydrogens (tertiary/aromatic N) is 1. The molecule has 0 unspecified atom stereocenters. The SMILES string of the molecule is CC(C)(C)C(=O)OCC(=O)[C@H]1CC[C@H]2[C@@H]3CCC4=CC(=O)CC[C@]4(C)[C@H]3CC[C@]12C.C[C@]12CC[C@@H]3c4ccc(OC(=O)N(CCCl)CCCl)cc4CC[C@H]3[C@@H]1CC[C@@H]2O. The van der Waals surface area contributed by atoms with Crippen LogP contribution in [-0.4, -0.2) is 71.2 Å². The summed E-state index contributed by atoms with van der Waals surface area (Å²) < 4.78 is 11.0. The van der Waals surface area contributed by atoms with Gasteiger partial charge in [0.1, 0.15) is 12.4 Å². The molecule has 1 aromatic carbocycles. The molecule has 59 heavy (non-hydrogen) atoms. The van der Waals surface area contributed by atoms with Crippen LogP contribution in [0.1, 0.15) is 142 Å². The first-order chi connectivity index (χ1) is 27.9. The third-order valence-corrected chi connectivity index (χ3v) is 17.5. The van der Waals surface area contributed by atoms with Gasteiger partial charge in [0.2, 0.25) is 0 Å². The molecule has 0 aliphatic heterocycles. The maximum Gasteiger partial charge on any atom is 0.415 e. The maximum absolute atomic E-state index is 13.1. The average Bonchev–Trinajstić information content (AvgIpc) is 3.72. The number of esters is 1. The van der Waals surface area contributed by atoms with E-state index in [0.717, 1.165) is 83.5 Å². The Balaban J connectivity index is 0.000000179. The van der Waals surface area contributed by atoms with Gasteiger partial charge in [0.05, 0.1) is 11.5 Å². The second-order valence-electron chi connectivity index (χ2n) is 21.1. The minimum Gasteiger partial charge on any atom is -0.457 e. The molecular formula is C49H69Cl2NO7. The molecule has 1 aromatic rings. The predicted molar refractivity (Wildman–Crippen MR) is 232 cm³/mol. The third kappa shape index (κ3) is 8.43. The Labute approximate surface area is 362 Å². The zero-order valence-electron chi connectivity index (χ0n) is 36.5. The summed E-state index contributed by atoms with van der Waals surface area (Å²) in [4.78, 5) is 51.2. The van der Waals surface area contributed by atoms with E-state index in [0.29, 0.717) is 78.3 Å². The molecule has 11 atom stereocenters. The van der Waals surface area contributed by atoms with Gasteiger partial charge in [-0.2, -0.15) is 0 Å². The van der Waals surface area contributed by atoms with Gasteiger partial charge in [-0.1, -0.05) is 32.4 Å². The number of ether oxygens (including phenoxy) is 2. The van der Waals surface area contributed by atoms with Gasteiger partial charge in [-0.3, -0.25) is 14.4 Å². The number of alkyl halides is 2. The van der Waals surface area contributed by atoms with Crippen LogP contribution in [0, 0.1) is 57.2 Å². The van der Waals surface area contributed by atoms with E-state index in [9.17, 15) is 24.3 Å². The van der Waals surface area contributed by atoms with E-state index in [4.69, 9.17) is 32.7 Å². The number of amides is 1. The fourth-order valence-electron chi connectivity index (χ4n) is 13.8. The van der Waals surface area contributed by atoms with Crippen LogP contribution in [-0.2, 0) is 25.5 Å². The summed E-state index contributed by atoms with van der Waals surface area (Å²) in [5.74, 6) is 5.14. The first-order valence-corrected chi connectivity index (χ1v) is 23.8. The zero-order chi connectivity index (χ0) is 42.5. The summed E-state index contributed by atoms with van der Waals surface area (Å²) in [6, 6.07) is 6.13. The van der Waals surface area contributed by atoms with Crippen molar-refractivity contribution < 1.29 is 33.8 Å². The van der Waals surface area contributed by atoms with Gasteiger partial charge in [0.25, 0.3) is 0 Å². The van der Waals surface area contributed by atoms with Crippen LogP contribution in [0.25, 0.3) is 0 Å². The van der Waals surface area contributed by atoms with Crippen LogP contribution in [0.2, 0.25) is 0 Å². The number of carbonyl (C=O) groups is 4. The van der Waals surface area contributed by atoms with E-state index in [1.165, 1.54) is 16.7 Å². The molecule has 0 saturated heterocycles. The zero-order valence-corrected chi connectivity index (χ0v) is 38.0. The van der Waals surface area contributed by atoms with Gasteiger partial charge in [0, 0.05) is 37.2 Å². The summed E-state index contributed by atoms with van der Waals surface area (Å²) in [6.45, 7) is 13.3. The molecule has 10 heteroatoms. The highest BCUT2D eigenvalue weighted by molar-refractivity contribution is 6.18. The molecule has 7 aliphatic rings. The molecule has 0 heterocycles. The molecule has 1 amide bonds. The molecule has 0 spiro atoms. The number of aliphatic hydroxyl groups is 1. The van der Waals surface area contributed by atoms with Gasteiger partial charge in [-0.05, 0) is 185 Å². The number of rotatable bonds is 8. The molecule has 8 nitrogen and oxygen atoms in total. The van der Waals surface area contributed by atoms with Gasteiger partial charge in [-0.25, -0.2) is 4.79 Å². The predicted octanol–water partition coefficient (Wildman–Crippen LogP) is 10.5. The molecule has 8 rings (SSSR count). The largest absolute Gasteiger partial charge is 0.457 e. The first kappa shape index (κ1) is 44.6. The molecule has 0 bridgehead atoms. The normalized spacial score (nSPS) is 36.8. The van der Waals surface area contributed by atoms with Crippen LogP contribution >= 0.6 is 23.2 Å². The average molecular weight is 855 g/mol. The molecule has 7 aliphatic carbocycles. The van der Waals surface area contributed by atoms with E-state index in [1.807, 2.05) is 39.0 Å². The monoisotopic (exact) mass is 853 g/mol. The Hall–Kier alpha value is -2.42. The quantitative estimate of drug-likeness (QED) is 0.205. The van der Waals surface area contributed by atoms with Crippen molar-refractivity contribution in [2.45, 2.75) is 143 Å². The standard InChI is InChI=1S/C26H38O4.C23H31Cl2NO3/c1-24(2,3)23(29)30-15-22(28)21-9-8-19-18-7-6-16-14-17(27)10-12-25(16,4)20(18)11-13-26(19,21)5;1-23-9-8-18-17-5-3-16(29-22(28)26(12-10-24)13-11-25)14-15(17)2-4-19(18)20(23)6-7-21(23)27/h14,18-21H,6-13,15H2,1-5H3;3,5,14,18-21,27H,2,4,6-13H2,1H3/t18-,19-,20-,21+,25-,26-;18-,19-,20+,21+,23+/m01/s1. The van der Waals surface area contributed by atoms with Gasteiger partial charge < -0.3 is 19.5 Å². The summed E-state index contributed by atoms with van der Waals surface area (Å²) in [5, 5.41) is 10.5. The van der Waals surface area contributed by atoms with E-state index in [1.54, 1.807) is 4.90 Å². The number of fused-ring (bicyclic) bond motifs is 10. The molecule has 0 radical (unpaired) electrons. The Morgan fingerprint density at radius 3 is 2.20 bits per heavy atom. The summed E-state index contributed by atoms with van der Waals surface area (Å²) in [7, 11) is 0. The van der Waals surface area contributed by atoms with Crippen molar-refractivity contribution in [3.05, 3.63) is 41.0 Å². The number of carbonyl (C=O) groups excluding carboxylic acids is 4. The second kappa shape index (κ2) is 17.4. The number of halogens is 2. The topological polar surface area (TPSA) is 110 Å². The van der Waals surface area contributed by atoms with Gasteiger partial charge in [0.15, 0.2) is 11.6 Å². The van der Waals surface area contributed by atoms with E-state index in [2.05, 4.69) is 26.8 Å². The molecule has 5 fully saturated rings. The van der Waals surface area contributed by atoms with E-state index in [-0.39, 0.29) is 46.6 Å². The lowest BCUT2D eigenvalue weighted by Crippen LogP contribution is -2.51. The van der Waals surface area contributed by atoms with Crippen molar-refractivity contribution in [1.82, 2.24) is 4.90 Å².